The van der Waals surface area contributed by atoms with Crippen LogP contribution in [0, 0.1) is 11.6 Å². The standard InChI is InChI=1S/C15H16F2N6O2/c1-8(24)20-14(12-6-19-22-21-12)9-4-10(16)15(11(17)5-9)23-3-2-18-13(25)7-23/h4-6,12,14H,2-3,7H2,1H3,(H,18,25)(H,20,24). The van der Waals surface area contributed by atoms with Crippen LogP contribution in [0.1, 0.15) is 18.5 Å². The summed E-state index contributed by atoms with van der Waals surface area (Å²) in [6.07, 6.45) is 1.39. The quantitative estimate of drug-likeness (QED) is 0.844. The lowest BCUT2D eigenvalue weighted by Crippen LogP contribution is -2.48. The summed E-state index contributed by atoms with van der Waals surface area (Å²) in [6.45, 7) is 1.79. The van der Waals surface area contributed by atoms with Gasteiger partial charge in [0.1, 0.15) is 23.4 Å². The second kappa shape index (κ2) is 6.91. The lowest BCUT2D eigenvalue weighted by atomic mass is 9.99. The predicted octanol–water partition coefficient (Wildman–Crippen LogP) is 0.898. The fourth-order valence-electron chi connectivity index (χ4n) is 2.85. The highest BCUT2D eigenvalue weighted by Gasteiger charge is 2.29. The van der Waals surface area contributed by atoms with Gasteiger partial charge in [-0.3, -0.25) is 9.59 Å². The number of hydrogen-bond donors (Lipinski definition) is 2. The smallest absolute Gasteiger partial charge is 0.239 e. The van der Waals surface area contributed by atoms with Crippen LogP contribution in [0.15, 0.2) is 27.6 Å². The molecule has 0 bridgehead atoms. The van der Waals surface area contributed by atoms with Gasteiger partial charge in [-0.15, -0.1) is 5.10 Å². The van der Waals surface area contributed by atoms with Crippen LogP contribution in [0.2, 0.25) is 0 Å². The van der Waals surface area contributed by atoms with E-state index in [1.54, 1.807) is 0 Å². The van der Waals surface area contributed by atoms with Gasteiger partial charge in [0.2, 0.25) is 11.8 Å². The molecular formula is C15H16F2N6O2. The fraction of sp³-hybridized carbons (Fsp3) is 0.400. The molecule has 2 aliphatic rings. The number of halogens is 2. The van der Waals surface area contributed by atoms with Crippen LogP contribution in [0.4, 0.5) is 14.5 Å². The maximum Gasteiger partial charge on any atom is 0.239 e. The first-order valence-electron chi connectivity index (χ1n) is 7.66. The molecule has 1 fully saturated rings. The van der Waals surface area contributed by atoms with Gasteiger partial charge in [0.25, 0.3) is 0 Å². The molecular weight excluding hydrogens is 334 g/mol. The first kappa shape index (κ1) is 16.9. The molecule has 2 amide bonds. The van der Waals surface area contributed by atoms with Gasteiger partial charge in [0.15, 0.2) is 0 Å². The highest BCUT2D eigenvalue weighted by atomic mass is 19.1. The SMILES string of the molecule is CC(=O)NC(c1cc(F)c(N2CCNC(=O)C2)c(F)c1)C1C=NN=N1. The van der Waals surface area contributed by atoms with E-state index in [9.17, 15) is 18.4 Å². The van der Waals surface area contributed by atoms with Gasteiger partial charge < -0.3 is 15.5 Å². The Labute approximate surface area is 142 Å². The minimum Gasteiger partial charge on any atom is -0.356 e. The van der Waals surface area contributed by atoms with Gasteiger partial charge in [-0.2, -0.15) is 5.11 Å². The zero-order valence-electron chi connectivity index (χ0n) is 13.4. The molecule has 1 aromatic carbocycles. The van der Waals surface area contributed by atoms with Crippen molar-refractivity contribution in [1.82, 2.24) is 10.6 Å². The summed E-state index contributed by atoms with van der Waals surface area (Å²) >= 11 is 0. The van der Waals surface area contributed by atoms with Crippen LogP contribution in [-0.4, -0.2) is 43.7 Å². The zero-order valence-corrected chi connectivity index (χ0v) is 13.4. The van der Waals surface area contributed by atoms with Gasteiger partial charge in [0.05, 0.1) is 18.8 Å². The molecule has 0 aliphatic carbocycles. The van der Waals surface area contributed by atoms with Crippen LogP contribution in [0.25, 0.3) is 0 Å². The predicted molar refractivity (Wildman–Crippen MR) is 85.3 cm³/mol. The van der Waals surface area contributed by atoms with Crippen LogP contribution in [-0.2, 0) is 9.59 Å². The molecule has 0 radical (unpaired) electrons. The number of carbonyl (C=O) groups excluding carboxylic acids is 2. The van der Waals surface area contributed by atoms with Gasteiger partial charge >= 0.3 is 0 Å². The van der Waals surface area contributed by atoms with Gasteiger partial charge in [-0.1, -0.05) is 0 Å². The topological polar surface area (TPSA) is 98.5 Å². The van der Waals surface area contributed by atoms with Crippen molar-refractivity contribution in [3.8, 4) is 0 Å². The molecule has 3 rings (SSSR count). The van der Waals surface area contributed by atoms with Crippen molar-refractivity contribution in [1.29, 1.82) is 0 Å². The van der Waals surface area contributed by atoms with Crippen molar-refractivity contribution in [2.75, 3.05) is 24.5 Å². The molecule has 2 N–H and O–H groups in total. The summed E-state index contributed by atoms with van der Waals surface area (Å²) in [7, 11) is 0. The Bertz CT molecular complexity index is 731. The van der Waals surface area contributed by atoms with Crippen molar-refractivity contribution in [2.45, 2.75) is 19.0 Å². The molecule has 0 spiro atoms. The van der Waals surface area contributed by atoms with Crippen molar-refractivity contribution >= 4 is 23.7 Å². The molecule has 2 heterocycles. The highest BCUT2D eigenvalue weighted by molar-refractivity contribution is 5.82. The molecule has 1 aromatic rings. The van der Waals surface area contributed by atoms with E-state index in [1.165, 1.54) is 18.0 Å². The third kappa shape index (κ3) is 3.62. The number of rotatable bonds is 4. The largest absolute Gasteiger partial charge is 0.356 e. The molecule has 2 unspecified atom stereocenters. The van der Waals surface area contributed by atoms with Crippen LogP contribution < -0.4 is 15.5 Å². The van der Waals surface area contributed by atoms with Crippen molar-refractivity contribution in [3.63, 3.8) is 0 Å². The number of piperazine rings is 1. The van der Waals surface area contributed by atoms with E-state index < -0.39 is 23.7 Å². The Morgan fingerprint density at radius 1 is 1.40 bits per heavy atom. The molecule has 25 heavy (non-hydrogen) atoms. The van der Waals surface area contributed by atoms with E-state index in [-0.39, 0.29) is 29.6 Å². The van der Waals surface area contributed by atoms with Crippen LogP contribution in [0.3, 0.4) is 0 Å². The minimum atomic E-state index is -0.813. The minimum absolute atomic E-state index is 0.119. The summed E-state index contributed by atoms with van der Waals surface area (Å²) in [5, 5.41) is 16.1. The summed E-state index contributed by atoms with van der Waals surface area (Å²) in [5.41, 5.74) is -0.0606. The Morgan fingerprint density at radius 3 is 2.68 bits per heavy atom. The van der Waals surface area contributed by atoms with Crippen molar-refractivity contribution < 1.29 is 18.4 Å². The van der Waals surface area contributed by atoms with E-state index in [0.717, 1.165) is 12.1 Å². The number of amides is 2. The lowest BCUT2D eigenvalue weighted by molar-refractivity contribution is -0.121. The number of carbonyl (C=O) groups is 2. The second-order valence-corrected chi connectivity index (χ2v) is 5.74. The molecule has 2 aliphatic heterocycles. The summed E-state index contributed by atoms with van der Waals surface area (Å²) in [4.78, 5) is 24.2. The lowest BCUT2D eigenvalue weighted by Gasteiger charge is -2.30. The maximum absolute atomic E-state index is 14.6. The Balaban J connectivity index is 1.94. The zero-order chi connectivity index (χ0) is 18.0. The fourth-order valence-corrected chi connectivity index (χ4v) is 2.85. The average Bonchev–Trinajstić information content (AvgIpc) is 3.06. The third-order valence-electron chi connectivity index (χ3n) is 3.91. The first-order chi connectivity index (χ1) is 12.0. The van der Waals surface area contributed by atoms with Crippen LogP contribution >= 0.6 is 0 Å². The molecule has 2 atom stereocenters. The number of hydrogen-bond acceptors (Lipinski definition) is 6. The first-order valence-corrected chi connectivity index (χ1v) is 7.66. The van der Waals surface area contributed by atoms with Gasteiger partial charge in [-0.25, -0.2) is 8.78 Å². The average molecular weight is 350 g/mol. The van der Waals surface area contributed by atoms with E-state index in [4.69, 9.17) is 0 Å². The van der Waals surface area contributed by atoms with E-state index >= 15 is 0 Å². The van der Waals surface area contributed by atoms with E-state index in [2.05, 4.69) is 26.1 Å². The molecule has 8 nitrogen and oxygen atoms in total. The molecule has 1 saturated heterocycles. The number of anilines is 1. The van der Waals surface area contributed by atoms with Gasteiger partial charge in [-0.05, 0) is 22.9 Å². The second-order valence-electron chi connectivity index (χ2n) is 5.74. The van der Waals surface area contributed by atoms with E-state index in [1.807, 2.05) is 0 Å². The Hall–Kier alpha value is -2.91. The molecule has 0 saturated carbocycles. The number of nitrogens with one attached hydrogen (secondary N) is 2. The Kier molecular flexibility index (Phi) is 4.68. The monoisotopic (exact) mass is 350 g/mol. The molecule has 0 aromatic heterocycles. The van der Waals surface area contributed by atoms with Crippen LogP contribution in [0.5, 0.6) is 0 Å². The summed E-state index contributed by atoms with van der Waals surface area (Å²) in [6, 6.07) is 0.824. The summed E-state index contributed by atoms with van der Waals surface area (Å²) in [5.74, 6) is -2.30. The summed E-state index contributed by atoms with van der Waals surface area (Å²) < 4.78 is 29.2. The molecule has 132 valence electrons. The molecule has 10 heteroatoms. The third-order valence-corrected chi connectivity index (χ3v) is 3.91. The van der Waals surface area contributed by atoms with E-state index in [0.29, 0.717) is 13.1 Å². The maximum atomic E-state index is 14.6. The van der Waals surface area contributed by atoms with Gasteiger partial charge in [0, 0.05) is 20.0 Å². The number of benzene rings is 1. The van der Waals surface area contributed by atoms with Crippen molar-refractivity contribution in [3.05, 3.63) is 29.3 Å². The number of nitrogens with zero attached hydrogens (tertiary/aromatic N) is 4. The highest BCUT2D eigenvalue weighted by Crippen LogP contribution is 2.30. The normalized spacial score (nSPS) is 20.5. The van der Waals surface area contributed by atoms with Crippen molar-refractivity contribution in [2.24, 2.45) is 15.4 Å². The Morgan fingerprint density at radius 2 is 2.12 bits per heavy atom.